The fraction of sp³-hybridized carbons (Fsp3) is 0.600. The molecule has 0 atom stereocenters. The second kappa shape index (κ2) is 10.2. The summed E-state index contributed by atoms with van der Waals surface area (Å²) in [7, 11) is -3.41. The van der Waals surface area contributed by atoms with E-state index in [1.165, 1.54) is 0 Å². The highest BCUT2D eigenvalue weighted by Crippen LogP contribution is 2.15. The third-order valence-corrected chi connectivity index (χ3v) is 5.40. The van der Waals surface area contributed by atoms with Gasteiger partial charge in [0.25, 0.3) is 0 Å². The zero-order valence-electron chi connectivity index (χ0n) is 12.9. The fourth-order valence-electron chi connectivity index (χ4n) is 2.00. The zero-order valence-corrected chi connectivity index (χ0v) is 14.5. The molecule has 0 saturated heterocycles. The Morgan fingerprint density at radius 3 is 2.62 bits per heavy atom. The van der Waals surface area contributed by atoms with Gasteiger partial charge in [0.05, 0.1) is 4.90 Å². The van der Waals surface area contributed by atoms with Crippen LogP contribution in [0.1, 0.15) is 31.7 Å². The van der Waals surface area contributed by atoms with E-state index in [1.807, 2.05) is 30.8 Å². The van der Waals surface area contributed by atoms with Crippen molar-refractivity contribution in [2.24, 2.45) is 0 Å². The lowest BCUT2D eigenvalue weighted by Crippen LogP contribution is -2.26. The molecule has 0 bridgehead atoms. The van der Waals surface area contributed by atoms with E-state index in [0.29, 0.717) is 18.0 Å². The summed E-state index contributed by atoms with van der Waals surface area (Å²) in [6, 6.07) is 7.16. The summed E-state index contributed by atoms with van der Waals surface area (Å²) < 4.78 is 27.4. The monoisotopic (exact) mass is 330 g/mol. The van der Waals surface area contributed by atoms with E-state index >= 15 is 0 Å². The molecule has 0 radical (unpaired) electrons. The number of hydrogen-bond acceptors (Lipinski definition) is 4. The second-order valence-corrected chi connectivity index (χ2v) is 7.56. The molecule has 0 amide bonds. The lowest BCUT2D eigenvalue weighted by atomic mass is 10.2. The van der Waals surface area contributed by atoms with Gasteiger partial charge in [-0.1, -0.05) is 31.5 Å². The molecule has 0 heterocycles. The highest BCUT2D eigenvalue weighted by molar-refractivity contribution is 7.98. The second-order valence-electron chi connectivity index (χ2n) is 4.84. The van der Waals surface area contributed by atoms with Gasteiger partial charge in [-0.15, -0.1) is 0 Å². The zero-order chi connectivity index (χ0) is 15.6. The molecule has 0 fully saturated rings. The van der Waals surface area contributed by atoms with Crippen molar-refractivity contribution in [2.75, 3.05) is 25.1 Å². The average Bonchev–Trinajstić information content (AvgIpc) is 2.49. The predicted octanol–water partition coefficient (Wildman–Crippen LogP) is 2.61. The largest absolute Gasteiger partial charge is 0.313 e. The van der Waals surface area contributed by atoms with Crippen LogP contribution in [0.5, 0.6) is 0 Å². The van der Waals surface area contributed by atoms with Crippen molar-refractivity contribution in [1.82, 2.24) is 10.0 Å². The van der Waals surface area contributed by atoms with Gasteiger partial charge in [0.1, 0.15) is 0 Å². The molecule has 2 N–H and O–H groups in total. The van der Waals surface area contributed by atoms with Gasteiger partial charge < -0.3 is 5.32 Å². The van der Waals surface area contributed by atoms with Crippen molar-refractivity contribution in [1.29, 1.82) is 0 Å². The van der Waals surface area contributed by atoms with Crippen molar-refractivity contribution in [3.05, 3.63) is 29.8 Å². The number of sulfonamides is 1. The van der Waals surface area contributed by atoms with Crippen molar-refractivity contribution in [3.8, 4) is 0 Å². The Morgan fingerprint density at radius 2 is 1.90 bits per heavy atom. The first-order chi connectivity index (χ1) is 10.1. The van der Waals surface area contributed by atoms with Gasteiger partial charge in [0.15, 0.2) is 0 Å². The van der Waals surface area contributed by atoms with Crippen LogP contribution in [0.25, 0.3) is 0 Å². The maximum Gasteiger partial charge on any atom is 0.240 e. The number of unbranched alkanes of at least 4 members (excludes halogenated alkanes) is 2. The van der Waals surface area contributed by atoms with Gasteiger partial charge in [0.2, 0.25) is 10.0 Å². The van der Waals surface area contributed by atoms with Crippen LogP contribution in [-0.2, 0) is 16.6 Å². The SMILES string of the molecule is CCNCc1ccccc1S(=O)(=O)NCCCCCSC. The minimum absolute atomic E-state index is 0.384. The Balaban J connectivity index is 2.57. The normalized spacial score (nSPS) is 11.7. The fourth-order valence-corrected chi connectivity index (χ4v) is 3.81. The van der Waals surface area contributed by atoms with Gasteiger partial charge in [-0.25, -0.2) is 13.1 Å². The molecule has 0 aromatic heterocycles. The maximum atomic E-state index is 12.4. The van der Waals surface area contributed by atoms with E-state index in [0.717, 1.165) is 37.1 Å². The lowest BCUT2D eigenvalue weighted by Gasteiger charge is -2.11. The highest BCUT2D eigenvalue weighted by atomic mass is 32.2. The van der Waals surface area contributed by atoms with Gasteiger partial charge in [0, 0.05) is 13.1 Å². The van der Waals surface area contributed by atoms with Gasteiger partial charge in [-0.3, -0.25) is 0 Å². The first kappa shape index (κ1) is 18.5. The van der Waals surface area contributed by atoms with Crippen LogP contribution >= 0.6 is 11.8 Å². The highest BCUT2D eigenvalue weighted by Gasteiger charge is 2.16. The standard InChI is InChI=1S/C15H26N2O2S2/c1-3-16-13-14-9-5-6-10-15(14)21(18,19)17-11-7-4-8-12-20-2/h5-6,9-10,16-17H,3-4,7-8,11-13H2,1-2H3. The molecule has 120 valence electrons. The van der Waals surface area contributed by atoms with Gasteiger partial charge in [-0.2, -0.15) is 11.8 Å². The Kier molecular flexibility index (Phi) is 8.99. The van der Waals surface area contributed by atoms with Crippen molar-refractivity contribution in [3.63, 3.8) is 0 Å². The first-order valence-electron chi connectivity index (χ1n) is 7.39. The first-order valence-corrected chi connectivity index (χ1v) is 10.3. The molecule has 1 rings (SSSR count). The van der Waals surface area contributed by atoms with Crippen LogP contribution in [-0.4, -0.2) is 33.5 Å². The van der Waals surface area contributed by atoms with E-state index in [1.54, 1.807) is 12.1 Å². The summed E-state index contributed by atoms with van der Waals surface area (Å²) in [6.07, 6.45) is 5.17. The Labute approximate surface area is 133 Å². The van der Waals surface area contributed by atoms with Gasteiger partial charge in [-0.05, 0) is 43.0 Å². The van der Waals surface area contributed by atoms with Crippen LogP contribution in [0, 0.1) is 0 Å². The number of nitrogens with one attached hydrogen (secondary N) is 2. The van der Waals surface area contributed by atoms with E-state index in [2.05, 4.69) is 16.3 Å². The lowest BCUT2D eigenvalue weighted by molar-refractivity contribution is 0.574. The molecule has 0 aliphatic rings. The van der Waals surface area contributed by atoms with Crippen LogP contribution < -0.4 is 10.0 Å². The van der Waals surface area contributed by atoms with Crippen LogP contribution in [0.3, 0.4) is 0 Å². The van der Waals surface area contributed by atoms with Crippen molar-refractivity contribution < 1.29 is 8.42 Å². The number of rotatable bonds is 11. The van der Waals surface area contributed by atoms with E-state index in [4.69, 9.17) is 0 Å². The average molecular weight is 331 g/mol. The van der Waals surface area contributed by atoms with Crippen molar-refractivity contribution in [2.45, 2.75) is 37.6 Å². The summed E-state index contributed by atoms with van der Waals surface area (Å²) in [4.78, 5) is 0.384. The third-order valence-electron chi connectivity index (χ3n) is 3.14. The minimum Gasteiger partial charge on any atom is -0.313 e. The Hall–Kier alpha value is -0.560. The topological polar surface area (TPSA) is 58.2 Å². The molecule has 6 heteroatoms. The number of hydrogen-bond donors (Lipinski definition) is 2. The predicted molar refractivity (Wildman–Crippen MR) is 91.2 cm³/mol. The van der Waals surface area contributed by atoms with Crippen molar-refractivity contribution >= 4 is 21.8 Å². The molecule has 1 aromatic rings. The summed E-state index contributed by atoms with van der Waals surface area (Å²) in [5.41, 5.74) is 0.814. The molecule has 0 aliphatic carbocycles. The molecule has 1 aromatic carbocycles. The van der Waals surface area contributed by atoms with E-state index in [-0.39, 0.29) is 0 Å². The smallest absolute Gasteiger partial charge is 0.240 e. The molecule has 0 saturated carbocycles. The molecule has 0 unspecified atom stereocenters. The Bertz CT molecular complexity index is 504. The maximum absolute atomic E-state index is 12.4. The van der Waals surface area contributed by atoms with E-state index < -0.39 is 10.0 Å². The third kappa shape index (κ3) is 6.82. The molecule has 4 nitrogen and oxygen atoms in total. The van der Waals surface area contributed by atoms with Gasteiger partial charge >= 0.3 is 0 Å². The molecule has 21 heavy (non-hydrogen) atoms. The number of benzene rings is 1. The molecular formula is C15H26N2O2S2. The quantitative estimate of drug-likeness (QED) is 0.612. The summed E-state index contributed by atoms with van der Waals surface area (Å²) >= 11 is 1.83. The number of thioether (sulfide) groups is 1. The van der Waals surface area contributed by atoms with Crippen LogP contribution in [0.4, 0.5) is 0 Å². The van der Waals surface area contributed by atoms with Crippen LogP contribution in [0.2, 0.25) is 0 Å². The molecule has 0 aliphatic heterocycles. The summed E-state index contributed by atoms with van der Waals surface area (Å²) in [6.45, 7) is 3.90. The Morgan fingerprint density at radius 1 is 1.14 bits per heavy atom. The van der Waals surface area contributed by atoms with Crippen LogP contribution in [0.15, 0.2) is 29.2 Å². The van der Waals surface area contributed by atoms with E-state index in [9.17, 15) is 8.42 Å². The summed E-state index contributed by atoms with van der Waals surface area (Å²) in [5.74, 6) is 1.14. The molecular weight excluding hydrogens is 304 g/mol. The summed E-state index contributed by atoms with van der Waals surface area (Å²) in [5, 5.41) is 3.17. The minimum atomic E-state index is -3.41. The molecule has 0 spiro atoms.